The molecule has 0 aliphatic carbocycles. The van der Waals surface area contributed by atoms with Gasteiger partial charge in [0.2, 0.25) is 5.91 Å². The zero-order valence-electron chi connectivity index (χ0n) is 11.8. The third-order valence-electron chi connectivity index (χ3n) is 3.46. The number of hydrogen-bond acceptors (Lipinski definition) is 3. The number of nitrogens with two attached hydrogens (primary N) is 1. The number of nitrogen functional groups attached to an aromatic ring is 1. The van der Waals surface area contributed by atoms with Crippen LogP contribution in [-0.4, -0.2) is 30.4 Å². The first-order valence-corrected chi connectivity index (χ1v) is 6.91. The van der Waals surface area contributed by atoms with Gasteiger partial charge in [0.25, 0.3) is 0 Å². The van der Waals surface area contributed by atoms with E-state index in [-0.39, 0.29) is 5.91 Å². The highest BCUT2D eigenvalue weighted by atomic mass is 16.2. The fourth-order valence-electron chi connectivity index (χ4n) is 2.37. The number of carbonyl (C=O) groups excluding carboxylic acids is 1. The van der Waals surface area contributed by atoms with Crippen molar-refractivity contribution in [2.75, 3.05) is 25.4 Å². The van der Waals surface area contributed by atoms with Crippen molar-refractivity contribution in [3.05, 3.63) is 29.3 Å². The summed E-state index contributed by atoms with van der Waals surface area (Å²) in [6.45, 7) is 7.09. The number of rotatable bonds is 4. The average Bonchev–Trinajstić information content (AvgIpc) is 2.37. The molecule has 0 unspecified atom stereocenters. The van der Waals surface area contributed by atoms with Crippen molar-refractivity contribution in [2.24, 2.45) is 5.92 Å². The first-order valence-electron chi connectivity index (χ1n) is 6.91. The molecular formula is C15H23N3O. The molecule has 0 spiro atoms. The summed E-state index contributed by atoms with van der Waals surface area (Å²) in [5.41, 5.74) is 9.35. The molecule has 1 heterocycles. The highest BCUT2D eigenvalue weighted by Gasteiger charge is 2.19. The minimum absolute atomic E-state index is 0.103. The molecule has 4 nitrogen and oxygen atoms in total. The Balaban J connectivity index is 1.91. The molecule has 0 radical (unpaired) electrons. The Bertz CT molecular complexity index is 457. The van der Waals surface area contributed by atoms with Gasteiger partial charge in [-0.25, -0.2) is 0 Å². The molecule has 19 heavy (non-hydrogen) atoms. The Morgan fingerprint density at radius 2 is 2.26 bits per heavy atom. The highest BCUT2D eigenvalue weighted by molar-refractivity contribution is 5.78. The lowest BCUT2D eigenvalue weighted by molar-refractivity contribution is -0.122. The van der Waals surface area contributed by atoms with Crippen LogP contribution in [0.4, 0.5) is 5.69 Å². The van der Waals surface area contributed by atoms with Gasteiger partial charge in [-0.3, -0.25) is 9.69 Å². The zero-order chi connectivity index (χ0) is 13.8. The van der Waals surface area contributed by atoms with Crippen molar-refractivity contribution >= 4 is 11.6 Å². The van der Waals surface area contributed by atoms with Crippen molar-refractivity contribution in [3.63, 3.8) is 0 Å². The van der Waals surface area contributed by atoms with E-state index in [4.69, 9.17) is 5.73 Å². The van der Waals surface area contributed by atoms with Crippen LogP contribution < -0.4 is 11.1 Å². The summed E-state index contributed by atoms with van der Waals surface area (Å²) in [4.78, 5) is 14.0. The molecule has 1 aromatic rings. The van der Waals surface area contributed by atoms with Crippen LogP contribution in [0.2, 0.25) is 0 Å². The van der Waals surface area contributed by atoms with Crippen LogP contribution in [-0.2, 0) is 17.8 Å². The van der Waals surface area contributed by atoms with Gasteiger partial charge < -0.3 is 11.1 Å². The molecule has 1 aromatic carbocycles. The molecule has 4 heteroatoms. The molecule has 0 fully saturated rings. The molecule has 3 N–H and O–H groups in total. The minimum atomic E-state index is 0.103. The number of amides is 1. The normalized spacial score (nSPS) is 15.3. The molecular weight excluding hydrogens is 238 g/mol. The smallest absolute Gasteiger partial charge is 0.234 e. The van der Waals surface area contributed by atoms with E-state index in [2.05, 4.69) is 30.1 Å². The highest BCUT2D eigenvalue weighted by Crippen LogP contribution is 2.23. The Morgan fingerprint density at radius 1 is 1.47 bits per heavy atom. The van der Waals surface area contributed by atoms with Gasteiger partial charge in [0, 0.05) is 25.3 Å². The van der Waals surface area contributed by atoms with Crippen LogP contribution in [0.1, 0.15) is 25.0 Å². The average molecular weight is 261 g/mol. The molecule has 0 atom stereocenters. The van der Waals surface area contributed by atoms with E-state index < -0.39 is 0 Å². The summed E-state index contributed by atoms with van der Waals surface area (Å²) in [7, 11) is 0. The fourth-order valence-corrected chi connectivity index (χ4v) is 2.37. The van der Waals surface area contributed by atoms with E-state index >= 15 is 0 Å². The first kappa shape index (κ1) is 13.9. The molecule has 1 amide bonds. The lowest BCUT2D eigenvalue weighted by Gasteiger charge is -2.29. The Labute approximate surface area is 115 Å². The van der Waals surface area contributed by atoms with Gasteiger partial charge in [0.15, 0.2) is 0 Å². The van der Waals surface area contributed by atoms with E-state index in [0.29, 0.717) is 12.5 Å². The van der Waals surface area contributed by atoms with Gasteiger partial charge in [-0.2, -0.15) is 0 Å². The first-order chi connectivity index (χ1) is 9.06. The van der Waals surface area contributed by atoms with E-state index in [1.54, 1.807) is 0 Å². The summed E-state index contributed by atoms with van der Waals surface area (Å²) >= 11 is 0. The van der Waals surface area contributed by atoms with Crippen LogP contribution in [0.5, 0.6) is 0 Å². The minimum Gasteiger partial charge on any atom is -0.398 e. The summed E-state index contributed by atoms with van der Waals surface area (Å²) < 4.78 is 0. The predicted molar refractivity (Wildman–Crippen MR) is 77.7 cm³/mol. The van der Waals surface area contributed by atoms with Gasteiger partial charge in [0.1, 0.15) is 0 Å². The summed E-state index contributed by atoms with van der Waals surface area (Å²) in [5, 5.41) is 2.96. The van der Waals surface area contributed by atoms with Crippen molar-refractivity contribution in [2.45, 2.75) is 26.8 Å². The summed E-state index contributed by atoms with van der Waals surface area (Å²) in [6.07, 6.45) is 0.970. The lowest BCUT2D eigenvalue weighted by atomic mass is 9.98. The quantitative estimate of drug-likeness (QED) is 0.806. The molecule has 0 saturated heterocycles. The number of hydrogen-bond donors (Lipinski definition) is 2. The monoisotopic (exact) mass is 261 g/mol. The van der Waals surface area contributed by atoms with Crippen LogP contribution in [0.15, 0.2) is 18.2 Å². The number of fused-ring (bicyclic) bond motifs is 1. The van der Waals surface area contributed by atoms with Gasteiger partial charge in [-0.15, -0.1) is 0 Å². The van der Waals surface area contributed by atoms with E-state index in [1.165, 1.54) is 11.1 Å². The van der Waals surface area contributed by atoms with Gasteiger partial charge in [0.05, 0.1) is 6.54 Å². The molecule has 0 saturated carbocycles. The topological polar surface area (TPSA) is 58.4 Å². The molecule has 0 aromatic heterocycles. The maximum atomic E-state index is 11.8. The largest absolute Gasteiger partial charge is 0.398 e. The second-order valence-corrected chi connectivity index (χ2v) is 5.64. The van der Waals surface area contributed by atoms with Gasteiger partial charge in [-0.05, 0) is 29.5 Å². The van der Waals surface area contributed by atoms with Crippen LogP contribution in [0.3, 0.4) is 0 Å². The molecule has 1 aliphatic heterocycles. The number of anilines is 1. The summed E-state index contributed by atoms with van der Waals surface area (Å²) in [6, 6.07) is 6.06. The van der Waals surface area contributed by atoms with Gasteiger partial charge in [-0.1, -0.05) is 26.0 Å². The van der Waals surface area contributed by atoms with Crippen LogP contribution in [0.25, 0.3) is 0 Å². The number of nitrogens with zero attached hydrogens (tertiary/aromatic N) is 1. The van der Waals surface area contributed by atoms with Crippen molar-refractivity contribution < 1.29 is 4.79 Å². The predicted octanol–water partition coefficient (Wildman–Crippen LogP) is 1.40. The van der Waals surface area contributed by atoms with E-state index in [1.807, 2.05) is 12.1 Å². The third kappa shape index (κ3) is 3.70. The number of nitrogens with one attached hydrogen (secondary N) is 1. The molecule has 104 valence electrons. The Hall–Kier alpha value is -1.55. The van der Waals surface area contributed by atoms with Crippen molar-refractivity contribution in [1.29, 1.82) is 0 Å². The standard InChI is InChI=1S/C15H23N3O/c1-11(2)8-17-15(19)10-18-7-6-12-4-3-5-14(16)13(12)9-18/h3-5,11H,6-10,16H2,1-2H3,(H,17,19). The maximum absolute atomic E-state index is 11.8. The molecule has 0 bridgehead atoms. The summed E-state index contributed by atoms with van der Waals surface area (Å²) in [5.74, 6) is 0.591. The molecule has 1 aliphatic rings. The zero-order valence-corrected chi connectivity index (χ0v) is 11.8. The Kier molecular flexibility index (Phi) is 4.43. The second-order valence-electron chi connectivity index (χ2n) is 5.64. The van der Waals surface area contributed by atoms with E-state index in [0.717, 1.165) is 31.7 Å². The number of benzene rings is 1. The van der Waals surface area contributed by atoms with Crippen LogP contribution in [0, 0.1) is 5.92 Å². The fraction of sp³-hybridized carbons (Fsp3) is 0.533. The SMILES string of the molecule is CC(C)CNC(=O)CN1CCc2cccc(N)c2C1. The van der Waals surface area contributed by atoms with E-state index in [9.17, 15) is 4.79 Å². The van der Waals surface area contributed by atoms with Gasteiger partial charge >= 0.3 is 0 Å². The molecule has 2 rings (SSSR count). The second kappa shape index (κ2) is 6.06. The Morgan fingerprint density at radius 3 is 3.00 bits per heavy atom. The van der Waals surface area contributed by atoms with Crippen molar-refractivity contribution in [3.8, 4) is 0 Å². The lowest BCUT2D eigenvalue weighted by Crippen LogP contribution is -2.41. The maximum Gasteiger partial charge on any atom is 0.234 e. The number of carbonyl (C=O) groups is 1. The van der Waals surface area contributed by atoms with Crippen molar-refractivity contribution in [1.82, 2.24) is 10.2 Å². The van der Waals surface area contributed by atoms with Crippen LogP contribution >= 0.6 is 0 Å². The third-order valence-corrected chi connectivity index (χ3v) is 3.46.